The summed E-state index contributed by atoms with van der Waals surface area (Å²) in [7, 11) is 3.17. The number of amides is 2. The summed E-state index contributed by atoms with van der Waals surface area (Å²) in [6.45, 7) is 1.40. The van der Waals surface area contributed by atoms with E-state index in [1.54, 1.807) is 37.3 Å². The quantitative estimate of drug-likeness (QED) is 0.760. The molecule has 2 aliphatic rings. The lowest BCUT2D eigenvalue weighted by Gasteiger charge is -2.26. The van der Waals surface area contributed by atoms with Gasteiger partial charge < -0.3 is 24.4 Å². The zero-order valence-corrected chi connectivity index (χ0v) is 17.2. The Labute approximate surface area is 175 Å². The fourth-order valence-electron chi connectivity index (χ4n) is 4.12. The van der Waals surface area contributed by atoms with E-state index in [2.05, 4.69) is 5.32 Å². The zero-order valence-electron chi connectivity index (χ0n) is 17.2. The van der Waals surface area contributed by atoms with Gasteiger partial charge in [-0.3, -0.25) is 9.59 Å². The summed E-state index contributed by atoms with van der Waals surface area (Å²) in [4.78, 5) is 27.9. The molecule has 0 unspecified atom stereocenters. The van der Waals surface area contributed by atoms with E-state index in [0.717, 1.165) is 25.0 Å². The topological polar surface area (TPSA) is 77.1 Å². The monoisotopic (exact) mass is 410 g/mol. The highest BCUT2D eigenvalue weighted by molar-refractivity contribution is 6.04. The molecule has 2 aromatic rings. The Bertz CT molecular complexity index is 939. The van der Waals surface area contributed by atoms with E-state index in [1.807, 2.05) is 24.3 Å². The van der Waals surface area contributed by atoms with Crippen LogP contribution < -0.4 is 14.8 Å². The molecule has 30 heavy (non-hydrogen) atoms. The predicted octanol–water partition coefficient (Wildman–Crippen LogP) is 2.70. The summed E-state index contributed by atoms with van der Waals surface area (Å²) < 4.78 is 16.4. The molecule has 2 aromatic carbocycles. The molecule has 158 valence electrons. The fourth-order valence-corrected chi connectivity index (χ4v) is 4.12. The van der Waals surface area contributed by atoms with Gasteiger partial charge in [0, 0.05) is 24.3 Å². The number of hydrogen-bond acceptors (Lipinski definition) is 5. The van der Waals surface area contributed by atoms with E-state index < -0.39 is 6.04 Å². The summed E-state index contributed by atoms with van der Waals surface area (Å²) in [6, 6.07) is 12.0. The predicted molar refractivity (Wildman–Crippen MR) is 111 cm³/mol. The number of ether oxygens (including phenoxy) is 3. The molecular weight excluding hydrogens is 384 g/mol. The molecule has 0 aliphatic carbocycles. The Morgan fingerprint density at radius 3 is 2.77 bits per heavy atom. The highest BCUT2D eigenvalue weighted by Crippen LogP contribution is 2.37. The van der Waals surface area contributed by atoms with Gasteiger partial charge in [0.2, 0.25) is 5.91 Å². The lowest BCUT2D eigenvalue weighted by molar-refractivity contribution is -0.126. The summed E-state index contributed by atoms with van der Waals surface area (Å²) in [5, 5.41) is 2.98. The van der Waals surface area contributed by atoms with Gasteiger partial charge in [-0.25, -0.2) is 0 Å². The van der Waals surface area contributed by atoms with Crippen molar-refractivity contribution in [2.45, 2.75) is 31.5 Å². The van der Waals surface area contributed by atoms with Gasteiger partial charge in [0.1, 0.15) is 17.5 Å². The molecule has 0 saturated carbocycles. The molecule has 0 spiro atoms. The molecule has 0 radical (unpaired) electrons. The Morgan fingerprint density at radius 2 is 2.03 bits per heavy atom. The SMILES string of the molecule is COc1ccc(OC)c(CN2C(=O)c3ccccc3[C@@H]2C(=O)NC[C@H]2CCCO2)c1. The van der Waals surface area contributed by atoms with Crippen molar-refractivity contribution in [3.8, 4) is 11.5 Å². The second-order valence-electron chi connectivity index (χ2n) is 7.48. The highest BCUT2D eigenvalue weighted by atomic mass is 16.5. The fraction of sp³-hybridized carbons (Fsp3) is 0.391. The van der Waals surface area contributed by atoms with Gasteiger partial charge in [0.25, 0.3) is 5.91 Å². The Hall–Kier alpha value is -3.06. The van der Waals surface area contributed by atoms with E-state index in [4.69, 9.17) is 14.2 Å². The van der Waals surface area contributed by atoms with E-state index in [9.17, 15) is 9.59 Å². The van der Waals surface area contributed by atoms with Crippen LogP contribution in [0, 0.1) is 0 Å². The van der Waals surface area contributed by atoms with Gasteiger partial charge in [-0.05, 0) is 42.7 Å². The average Bonchev–Trinajstić information content (AvgIpc) is 3.39. The number of nitrogens with zero attached hydrogens (tertiary/aromatic N) is 1. The van der Waals surface area contributed by atoms with Gasteiger partial charge in [-0.15, -0.1) is 0 Å². The van der Waals surface area contributed by atoms with Crippen LogP contribution >= 0.6 is 0 Å². The van der Waals surface area contributed by atoms with E-state index in [-0.39, 0.29) is 24.5 Å². The van der Waals surface area contributed by atoms with Gasteiger partial charge >= 0.3 is 0 Å². The second kappa shape index (κ2) is 8.75. The van der Waals surface area contributed by atoms with Crippen LogP contribution in [0.25, 0.3) is 0 Å². The lowest BCUT2D eigenvalue weighted by Crippen LogP contribution is -2.41. The molecule has 7 heteroatoms. The van der Waals surface area contributed by atoms with Crippen molar-refractivity contribution in [2.24, 2.45) is 0 Å². The molecule has 1 saturated heterocycles. The summed E-state index contributed by atoms with van der Waals surface area (Å²) in [5.41, 5.74) is 2.04. The minimum Gasteiger partial charge on any atom is -0.497 e. The Kier molecular flexibility index (Phi) is 5.90. The van der Waals surface area contributed by atoms with Crippen LogP contribution in [-0.4, -0.2) is 50.2 Å². The maximum absolute atomic E-state index is 13.2. The molecule has 2 heterocycles. The van der Waals surface area contributed by atoms with Crippen molar-refractivity contribution in [3.63, 3.8) is 0 Å². The zero-order chi connectivity index (χ0) is 21.1. The molecule has 0 bridgehead atoms. The van der Waals surface area contributed by atoms with Crippen LogP contribution in [0.2, 0.25) is 0 Å². The minimum atomic E-state index is -0.703. The van der Waals surface area contributed by atoms with Crippen LogP contribution in [0.15, 0.2) is 42.5 Å². The molecule has 2 atom stereocenters. The van der Waals surface area contributed by atoms with Crippen LogP contribution in [-0.2, 0) is 16.1 Å². The number of carbonyl (C=O) groups is 2. The van der Waals surface area contributed by atoms with Gasteiger partial charge in [-0.1, -0.05) is 18.2 Å². The third-order valence-corrected chi connectivity index (χ3v) is 5.66. The molecule has 0 aromatic heterocycles. The first-order valence-corrected chi connectivity index (χ1v) is 10.1. The van der Waals surface area contributed by atoms with Crippen LogP contribution in [0.1, 0.15) is 40.4 Å². The molecular formula is C23H26N2O5. The largest absolute Gasteiger partial charge is 0.497 e. The summed E-state index contributed by atoms with van der Waals surface area (Å²) in [6.07, 6.45) is 1.98. The number of rotatable bonds is 7. The van der Waals surface area contributed by atoms with Crippen molar-refractivity contribution in [2.75, 3.05) is 27.4 Å². The maximum Gasteiger partial charge on any atom is 0.255 e. The Morgan fingerprint density at radius 1 is 1.20 bits per heavy atom. The molecule has 1 N–H and O–H groups in total. The molecule has 4 rings (SSSR count). The minimum absolute atomic E-state index is 0.0354. The van der Waals surface area contributed by atoms with Crippen molar-refractivity contribution in [3.05, 3.63) is 59.2 Å². The maximum atomic E-state index is 13.2. The van der Waals surface area contributed by atoms with Crippen LogP contribution in [0.3, 0.4) is 0 Å². The lowest BCUT2D eigenvalue weighted by atomic mass is 10.0. The smallest absolute Gasteiger partial charge is 0.255 e. The first-order valence-electron chi connectivity index (χ1n) is 10.1. The second-order valence-corrected chi connectivity index (χ2v) is 7.48. The first-order chi connectivity index (χ1) is 14.6. The number of nitrogens with one attached hydrogen (secondary N) is 1. The molecule has 2 aliphatic heterocycles. The number of methoxy groups -OCH3 is 2. The van der Waals surface area contributed by atoms with Crippen molar-refractivity contribution >= 4 is 11.8 Å². The van der Waals surface area contributed by atoms with Gasteiger partial charge in [-0.2, -0.15) is 0 Å². The first kappa shape index (κ1) is 20.2. The third kappa shape index (κ3) is 3.85. The average molecular weight is 410 g/mol. The van der Waals surface area contributed by atoms with Gasteiger partial charge in [0.15, 0.2) is 0 Å². The van der Waals surface area contributed by atoms with Crippen molar-refractivity contribution < 1.29 is 23.8 Å². The number of benzene rings is 2. The van der Waals surface area contributed by atoms with Gasteiger partial charge in [0.05, 0.1) is 26.9 Å². The molecule has 2 amide bonds. The standard InChI is InChI=1S/C23H26N2O5/c1-28-16-9-10-20(29-2)15(12-16)14-25-21(18-7-3-4-8-19(18)23(25)27)22(26)24-13-17-6-5-11-30-17/h3-4,7-10,12,17,21H,5-6,11,13-14H2,1-2H3,(H,24,26)/t17-,21-/m1/s1. The van der Waals surface area contributed by atoms with E-state index >= 15 is 0 Å². The molecule has 7 nitrogen and oxygen atoms in total. The van der Waals surface area contributed by atoms with Crippen LogP contribution in [0.4, 0.5) is 0 Å². The van der Waals surface area contributed by atoms with E-state index in [1.165, 1.54) is 0 Å². The highest BCUT2D eigenvalue weighted by Gasteiger charge is 2.41. The normalized spacial score (nSPS) is 20.2. The van der Waals surface area contributed by atoms with Crippen LogP contribution in [0.5, 0.6) is 11.5 Å². The number of fused-ring (bicyclic) bond motifs is 1. The van der Waals surface area contributed by atoms with Crippen molar-refractivity contribution in [1.29, 1.82) is 0 Å². The summed E-state index contributed by atoms with van der Waals surface area (Å²) >= 11 is 0. The molecule has 1 fully saturated rings. The van der Waals surface area contributed by atoms with Crippen molar-refractivity contribution in [1.82, 2.24) is 10.2 Å². The third-order valence-electron chi connectivity index (χ3n) is 5.66. The van der Waals surface area contributed by atoms with E-state index in [0.29, 0.717) is 29.2 Å². The number of hydrogen-bond donors (Lipinski definition) is 1. The summed E-state index contributed by atoms with van der Waals surface area (Å²) in [5.74, 6) is 0.922. The number of carbonyl (C=O) groups excluding carboxylic acids is 2. The Balaban J connectivity index is 1.62.